The summed E-state index contributed by atoms with van der Waals surface area (Å²) >= 11 is 1.34. The summed E-state index contributed by atoms with van der Waals surface area (Å²) in [5.74, 6) is -0.186. The van der Waals surface area contributed by atoms with Crippen molar-refractivity contribution in [2.24, 2.45) is 0 Å². The molecule has 0 bridgehead atoms. The van der Waals surface area contributed by atoms with E-state index in [1.165, 1.54) is 37.3 Å². The third-order valence-corrected chi connectivity index (χ3v) is 5.94. The SMILES string of the molecule is Cc1ccc(OC(C)(C)C(=O)O)cc1OCc1sc(-c2ccc(C(F)(F)F)cc2)nc1C. The molecule has 1 N–H and O–H groups in total. The first-order valence-corrected chi connectivity index (χ1v) is 10.5. The first kappa shape index (κ1) is 23.6. The van der Waals surface area contributed by atoms with Crippen LogP contribution in [0.1, 0.15) is 35.5 Å². The summed E-state index contributed by atoms with van der Waals surface area (Å²) in [6.45, 7) is 6.79. The van der Waals surface area contributed by atoms with Crippen molar-refractivity contribution in [1.82, 2.24) is 4.98 Å². The molecule has 0 saturated carbocycles. The summed E-state index contributed by atoms with van der Waals surface area (Å²) in [7, 11) is 0. The van der Waals surface area contributed by atoms with Crippen molar-refractivity contribution < 1.29 is 32.5 Å². The van der Waals surface area contributed by atoms with Crippen molar-refractivity contribution in [3.8, 4) is 22.1 Å². The Bertz CT molecular complexity index is 1120. The van der Waals surface area contributed by atoms with Crippen LogP contribution >= 0.6 is 11.3 Å². The molecule has 5 nitrogen and oxygen atoms in total. The number of hydrogen-bond acceptors (Lipinski definition) is 5. The van der Waals surface area contributed by atoms with Crippen molar-refractivity contribution in [1.29, 1.82) is 0 Å². The van der Waals surface area contributed by atoms with E-state index in [0.29, 0.717) is 22.1 Å². The molecule has 0 spiro atoms. The molecule has 1 heterocycles. The zero-order valence-corrected chi connectivity index (χ0v) is 18.7. The van der Waals surface area contributed by atoms with Gasteiger partial charge in [0.25, 0.3) is 0 Å². The Balaban J connectivity index is 1.75. The number of hydrogen-bond donors (Lipinski definition) is 1. The van der Waals surface area contributed by atoms with Gasteiger partial charge in [-0.3, -0.25) is 0 Å². The Kier molecular flexibility index (Phi) is 6.50. The lowest BCUT2D eigenvalue weighted by atomic mass is 10.1. The minimum absolute atomic E-state index is 0.205. The summed E-state index contributed by atoms with van der Waals surface area (Å²) in [4.78, 5) is 16.6. The average Bonchev–Trinajstić information content (AvgIpc) is 3.08. The van der Waals surface area contributed by atoms with Gasteiger partial charge >= 0.3 is 12.1 Å². The van der Waals surface area contributed by atoms with Gasteiger partial charge in [-0.1, -0.05) is 18.2 Å². The number of carboxylic acid groups (broad SMARTS) is 1. The smallest absolute Gasteiger partial charge is 0.416 e. The van der Waals surface area contributed by atoms with Gasteiger partial charge in [-0.05, 0) is 51.5 Å². The van der Waals surface area contributed by atoms with Crippen molar-refractivity contribution in [3.63, 3.8) is 0 Å². The molecule has 0 aliphatic carbocycles. The van der Waals surface area contributed by atoms with Crippen LogP contribution < -0.4 is 9.47 Å². The molecule has 0 aliphatic rings. The number of carboxylic acids is 1. The van der Waals surface area contributed by atoms with Crippen LogP contribution in [0, 0.1) is 13.8 Å². The van der Waals surface area contributed by atoms with Crippen LogP contribution in [-0.2, 0) is 17.6 Å². The molecule has 170 valence electrons. The summed E-state index contributed by atoms with van der Waals surface area (Å²) in [6.07, 6.45) is -4.38. The van der Waals surface area contributed by atoms with E-state index in [1.54, 1.807) is 18.2 Å². The van der Waals surface area contributed by atoms with Crippen molar-refractivity contribution in [3.05, 3.63) is 64.2 Å². The number of ether oxygens (including phenoxy) is 2. The van der Waals surface area contributed by atoms with Crippen LogP contribution in [0.25, 0.3) is 10.6 Å². The largest absolute Gasteiger partial charge is 0.488 e. The quantitative estimate of drug-likeness (QED) is 0.446. The fourth-order valence-corrected chi connectivity index (χ4v) is 3.75. The Morgan fingerprint density at radius 2 is 1.75 bits per heavy atom. The first-order chi connectivity index (χ1) is 14.9. The number of rotatable bonds is 7. The Labute approximate surface area is 187 Å². The van der Waals surface area contributed by atoms with Crippen molar-refractivity contribution >= 4 is 17.3 Å². The minimum Gasteiger partial charge on any atom is -0.488 e. The van der Waals surface area contributed by atoms with E-state index in [4.69, 9.17) is 9.47 Å². The molecular formula is C23H22F3NO4S. The summed E-state index contributed by atoms with van der Waals surface area (Å²) in [6, 6.07) is 9.96. The lowest BCUT2D eigenvalue weighted by Crippen LogP contribution is -2.37. The number of alkyl halides is 3. The number of carbonyl (C=O) groups is 1. The molecule has 3 aromatic rings. The van der Waals surface area contributed by atoms with Crippen molar-refractivity contribution in [2.75, 3.05) is 0 Å². The maximum atomic E-state index is 12.8. The van der Waals surface area contributed by atoms with Gasteiger partial charge in [0.05, 0.1) is 16.1 Å². The lowest BCUT2D eigenvalue weighted by molar-refractivity contribution is -0.152. The molecule has 0 saturated heterocycles. The van der Waals surface area contributed by atoms with Crippen LogP contribution in [0.3, 0.4) is 0 Å². The van der Waals surface area contributed by atoms with Gasteiger partial charge in [0.1, 0.15) is 23.1 Å². The maximum absolute atomic E-state index is 12.8. The average molecular weight is 465 g/mol. The third kappa shape index (κ3) is 5.40. The predicted molar refractivity (Wildman–Crippen MR) is 115 cm³/mol. The molecule has 0 fully saturated rings. The van der Waals surface area contributed by atoms with Gasteiger partial charge < -0.3 is 14.6 Å². The Morgan fingerprint density at radius 3 is 2.34 bits per heavy atom. The monoisotopic (exact) mass is 465 g/mol. The molecule has 1 aromatic heterocycles. The van der Waals surface area contributed by atoms with E-state index in [1.807, 2.05) is 13.8 Å². The number of aryl methyl sites for hydroxylation is 2. The number of benzene rings is 2. The second kappa shape index (κ2) is 8.82. The van der Waals surface area contributed by atoms with Crippen LogP contribution in [0.2, 0.25) is 0 Å². The molecule has 9 heteroatoms. The van der Waals surface area contributed by atoms with E-state index in [2.05, 4.69) is 4.98 Å². The molecule has 3 rings (SSSR count). The minimum atomic E-state index is -4.38. The zero-order valence-electron chi connectivity index (χ0n) is 17.9. The molecule has 0 unspecified atom stereocenters. The van der Waals surface area contributed by atoms with E-state index < -0.39 is 23.3 Å². The highest BCUT2D eigenvalue weighted by Crippen LogP contribution is 2.34. The number of nitrogens with zero attached hydrogens (tertiary/aromatic N) is 1. The second-order valence-corrected chi connectivity index (χ2v) is 8.82. The fraction of sp³-hybridized carbons (Fsp3) is 0.304. The predicted octanol–water partition coefficient (Wildman–Crippen LogP) is 6.27. The zero-order chi connectivity index (χ0) is 23.7. The summed E-state index contributed by atoms with van der Waals surface area (Å²) in [5.41, 5.74) is 0.0660. The van der Waals surface area contributed by atoms with Gasteiger partial charge in [-0.15, -0.1) is 11.3 Å². The highest BCUT2D eigenvalue weighted by molar-refractivity contribution is 7.15. The van der Waals surface area contributed by atoms with E-state index >= 15 is 0 Å². The number of aliphatic carboxylic acids is 1. The summed E-state index contributed by atoms with van der Waals surface area (Å²) < 4.78 is 49.8. The van der Waals surface area contributed by atoms with Crippen LogP contribution in [0.15, 0.2) is 42.5 Å². The lowest BCUT2D eigenvalue weighted by Gasteiger charge is -2.22. The Morgan fingerprint density at radius 1 is 1.09 bits per heavy atom. The molecule has 0 aliphatic heterocycles. The fourth-order valence-electron chi connectivity index (χ4n) is 2.77. The second-order valence-electron chi connectivity index (χ2n) is 7.74. The van der Waals surface area contributed by atoms with Crippen molar-refractivity contribution in [2.45, 2.75) is 46.1 Å². The van der Waals surface area contributed by atoms with Crippen LogP contribution in [0.5, 0.6) is 11.5 Å². The van der Waals surface area contributed by atoms with Gasteiger partial charge in [0.2, 0.25) is 0 Å². The van der Waals surface area contributed by atoms with Gasteiger partial charge in [0.15, 0.2) is 5.60 Å². The first-order valence-electron chi connectivity index (χ1n) is 9.66. The maximum Gasteiger partial charge on any atom is 0.416 e. The van der Waals surface area contributed by atoms with Gasteiger partial charge in [-0.2, -0.15) is 13.2 Å². The van der Waals surface area contributed by atoms with E-state index in [9.17, 15) is 23.1 Å². The number of thiazole rings is 1. The molecule has 0 atom stereocenters. The third-order valence-electron chi connectivity index (χ3n) is 4.76. The molecule has 0 radical (unpaired) electrons. The Hall–Kier alpha value is -3.07. The molecular weight excluding hydrogens is 443 g/mol. The molecule has 0 amide bonds. The number of aromatic nitrogens is 1. The standard InChI is InChI=1S/C23H22F3NO4S/c1-13-5-10-17(31-22(3,4)21(28)29)11-18(13)30-12-19-14(2)27-20(32-19)15-6-8-16(9-7-15)23(24,25)26/h5-11H,12H2,1-4H3,(H,28,29). The summed E-state index contributed by atoms with van der Waals surface area (Å²) in [5, 5.41) is 9.85. The normalized spacial score (nSPS) is 12.0. The van der Waals surface area contributed by atoms with E-state index in [0.717, 1.165) is 28.3 Å². The topological polar surface area (TPSA) is 68.7 Å². The van der Waals surface area contributed by atoms with Gasteiger partial charge in [0, 0.05) is 11.6 Å². The van der Waals surface area contributed by atoms with Crippen LogP contribution in [-0.4, -0.2) is 21.7 Å². The highest BCUT2D eigenvalue weighted by Gasteiger charge is 2.30. The highest BCUT2D eigenvalue weighted by atomic mass is 32.1. The van der Waals surface area contributed by atoms with E-state index in [-0.39, 0.29) is 6.61 Å². The van der Waals surface area contributed by atoms with Crippen LogP contribution in [0.4, 0.5) is 13.2 Å². The van der Waals surface area contributed by atoms with Gasteiger partial charge in [-0.25, -0.2) is 9.78 Å². The molecule has 2 aromatic carbocycles. The number of halogens is 3. The molecule has 32 heavy (non-hydrogen) atoms.